The summed E-state index contributed by atoms with van der Waals surface area (Å²) < 4.78 is 1.72. The minimum Gasteiger partial charge on any atom is -0.348 e. The van der Waals surface area contributed by atoms with E-state index in [9.17, 15) is 4.79 Å². The summed E-state index contributed by atoms with van der Waals surface area (Å²) in [6.45, 7) is 1.77. The molecule has 2 heterocycles. The maximum atomic E-state index is 12.7. The monoisotopic (exact) mass is 380 g/mol. The zero-order valence-electron chi connectivity index (χ0n) is 14.7. The molecule has 0 radical (unpaired) electrons. The summed E-state index contributed by atoms with van der Waals surface area (Å²) in [6, 6.07) is 17.6. The Balaban J connectivity index is 1.48. The molecule has 27 heavy (non-hydrogen) atoms. The van der Waals surface area contributed by atoms with E-state index < -0.39 is 0 Å². The quantitative estimate of drug-likeness (QED) is 0.637. The number of carbonyl (C=O) groups is 1. The Morgan fingerprint density at radius 3 is 2.81 bits per heavy atom. The molecule has 8 heteroatoms. The van der Waals surface area contributed by atoms with Crippen molar-refractivity contribution < 1.29 is 4.79 Å². The van der Waals surface area contributed by atoms with Crippen molar-refractivity contribution in [3.05, 3.63) is 66.0 Å². The standard InChI is InChI=1S/C19H20N6OS/c26-19(21-14-10-11-20-12-14)16-8-4-5-9-17(16)27-13-18-22-23-24-25(18)15-6-2-1-3-7-15/h1-9,14,20H,10-13H2,(H,21,26). The molecule has 2 aromatic carbocycles. The average molecular weight is 380 g/mol. The molecular weight excluding hydrogens is 360 g/mol. The molecule has 3 aromatic rings. The predicted octanol–water partition coefficient (Wildman–Crippen LogP) is 2.05. The van der Waals surface area contributed by atoms with Gasteiger partial charge in [0.1, 0.15) is 0 Å². The van der Waals surface area contributed by atoms with Crippen molar-refractivity contribution in [2.45, 2.75) is 23.1 Å². The fourth-order valence-electron chi connectivity index (χ4n) is 3.03. The second-order valence-electron chi connectivity index (χ2n) is 6.29. The molecule has 0 spiro atoms. The van der Waals surface area contributed by atoms with Crippen LogP contribution in [0.25, 0.3) is 5.69 Å². The van der Waals surface area contributed by atoms with Gasteiger partial charge in [-0.05, 0) is 47.7 Å². The van der Waals surface area contributed by atoms with Crippen LogP contribution in [0.1, 0.15) is 22.6 Å². The normalized spacial score (nSPS) is 16.4. The molecule has 1 aliphatic rings. The number of nitrogens with one attached hydrogen (secondary N) is 2. The highest BCUT2D eigenvalue weighted by atomic mass is 32.2. The molecule has 1 unspecified atom stereocenters. The Morgan fingerprint density at radius 2 is 2.00 bits per heavy atom. The number of carbonyl (C=O) groups excluding carboxylic acids is 1. The first-order valence-corrected chi connectivity index (χ1v) is 9.86. The van der Waals surface area contributed by atoms with Crippen LogP contribution in [-0.4, -0.2) is 45.2 Å². The van der Waals surface area contributed by atoms with Gasteiger partial charge in [0.05, 0.1) is 17.0 Å². The van der Waals surface area contributed by atoms with Gasteiger partial charge < -0.3 is 10.6 Å². The minimum atomic E-state index is -0.0329. The summed E-state index contributed by atoms with van der Waals surface area (Å²) >= 11 is 1.56. The molecule has 1 aromatic heterocycles. The van der Waals surface area contributed by atoms with Crippen molar-refractivity contribution in [2.75, 3.05) is 13.1 Å². The highest BCUT2D eigenvalue weighted by molar-refractivity contribution is 7.98. The number of aromatic nitrogens is 4. The Kier molecular flexibility index (Phi) is 5.45. The van der Waals surface area contributed by atoms with Crippen LogP contribution in [0.2, 0.25) is 0 Å². The summed E-state index contributed by atoms with van der Waals surface area (Å²) in [7, 11) is 0. The van der Waals surface area contributed by atoms with Crippen molar-refractivity contribution in [1.29, 1.82) is 0 Å². The Bertz CT molecular complexity index is 907. The molecule has 1 amide bonds. The summed E-state index contributed by atoms with van der Waals surface area (Å²) in [4.78, 5) is 13.6. The van der Waals surface area contributed by atoms with E-state index in [1.807, 2.05) is 54.6 Å². The van der Waals surface area contributed by atoms with Crippen LogP contribution in [0.15, 0.2) is 59.5 Å². The van der Waals surface area contributed by atoms with Crippen molar-refractivity contribution in [3.63, 3.8) is 0 Å². The Labute approximate surface area is 161 Å². The van der Waals surface area contributed by atoms with Crippen LogP contribution in [0, 0.1) is 0 Å². The molecule has 0 bridgehead atoms. The van der Waals surface area contributed by atoms with Crippen LogP contribution >= 0.6 is 11.8 Å². The lowest BCUT2D eigenvalue weighted by atomic mass is 10.2. The Morgan fingerprint density at radius 1 is 1.19 bits per heavy atom. The third-order valence-electron chi connectivity index (χ3n) is 4.42. The summed E-state index contributed by atoms with van der Waals surface area (Å²) in [5.41, 5.74) is 1.60. The van der Waals surface area contributed by atoms with Crippen LogP contribution in [0.4, 0.5) is 0 Å². The van der Waals surface area contributed by atoms with Gasteiger partial charge in [-0.1, -0.05) is 30.3 Å². The molecule has 0 saturated carbocycles. The molecular formula is C19H20N6OS. The molecule has 1 aliphatic heterocycles. The van der Waals surface area contributed by atoms with Gasteiger partial charge in [0.2, 0.25) is 0 Å². The fraction of sp³-hybridized carbons (Fsp3) is 0.263. The topological polar surface area (TPSA) is 84.7 Å². The van der Waals surface area contributed by atoms with Gasteiger partial charge in [-0.3, -0.25) is 4.79 Å². The zero-order chi connectivity index (χ0) is 18.5. The predicted molar refractivity (Wildman–Crippen MR) is 104 cm³/mol. The molecule has 2 N–H and O–H groups in total. The average Bonchev–Trinajstić information content (AvgIpc) is 3.39. The Hall–Kier alpha value is -2.71. The summed E-state index contributed by atoms with van der Waals surface area (Å²) in [5, 5.41) is 18.4. The SMILES string of the molecule is O=C(NC1CCNC1)c1ccccc1SCc1nnnn1-c1ccccc1. The molecule has 1 fully saturated rings. The first-order chi connectivity index (χ1) is 13.3. The number of rotatable bonds is 6. The highest BCUT2D eigenvalue weighted by Gasteiger charge is 2.19. The van der Waals surface area contributed by atoms with E-state index >= 15 is 0 Å². The number of amides is 1. The van der Waals surface area contributed by atoms with E-state index in [-0.39, 0.29) is 11.9 Å². The first-order valence-electron chi connectivity index (χ1n) is 8.87. The maximum absolute atomic E-state index is 12.7. The number of hydrogen-bond donors (Lipinski definition) is 2. The lowest BCUT2D eigenvalue weighted by Gasteiger charge is -2.13. The second kappa shape index (κ2) is 8.32. The lowest BCUT2D eigenvalue weighted by molar-refractivity contribution is 0.0937. The van der Waals surface area contributed by atoms with E-state index in [2.05, 4.69) is 26.2 Å². The fourth-order valence-corrected chi connectivity index (χ4v) is 3.98. The van der Waals surface area contributed by atoms with E-state index in [0.29, 0.717) is 11.3 Å². The van der Waals surface area contributed by atoms with Crippen molar-refractivity contribution >= 4 is 17.7 Å². The van der Waals surface area contributed by atoms with Crippen LogP contribution < -0.4 is 10.6 Å². The van der Waals surface area contributed by atoms with Gasteiger partial charge in [0, 0.05) is 17.5 Å². The molecule has 4 rings (SSSR count). The van der Waals surface area contributed by atoms with E-state index in [1.165, 1.54) is 0 Å². The number of nitrogens with zero attached hydrogens (tertiary/aromatic N) is 4. The van der Waals surface area contributed by atoms with Gasteiger partial charge in [0.15, 0.2) is 5.82 Å². The third-order valence-corrected chi connectivity index (χ3v) is 5.49. The zero-order valence-corrected chi connectivity index (χ0v) is 15.5. The second-order valence-corrected chi connectivity index (χ2v) is 7.31. The number of tetrazole rings is 1. The lowest BCUT2D eigenvalue weighted by Crippen LogP contribution is -2.36. The third kappa shape index (κ3) is 4.17. The number of hydrogen-bond acceptors (Lipinski definition) is 6. The van der Waals surface area contributed by atoms with Gasteiger partial charge in [-0.15, -0.1) is 16.9 Å². The largest absolute Gasteiger partial charge is 0.348 e. The van der Waals surface area contributed by atoms with Crippen LogP contribution in [0.5, 0.6) is 0 Å². The van der Waals surface area contributed by atoms with E-state index in [0.717, 1.165) is 35.9 Å². The minimum absolute atomic E-state index is 0.0329. The van der Waals surface area contributed by atoms with Crippen molar-refractivity contribution in [3.8, 4) is 5.69 Å². The summed E-state index contributed by atoms with van der Waals surface area (Å²) in [6.07, 6.45) is 0.965. The highest BCUT2D eigenvalue weighted by Crippen LogP contribution is 2.26. The van der Waals surface area contributed by atoms with Gasteiger partial charge in [-0.2, -0.15) is 4.68 Å². The van der Waals surface area contributed by atoms with Gasteiger partial charge in [0.25, 0.3) is 5.91 Å². The van der Waals surface area contributed by atoms with Crippen LogP contribution in [0.3, 0.4) is 0 Å². The molecule has 0 aliphatic carbocycles. The van der Waals surface area contributed by atoms with Gasteiger partial charge >= 0.3 is 0 Å². The number of thioether (sulfide) groups is 1. The van der Waals surface area contributed by atoms with Crippen molar-refractivity contribution in [2.24, 2.45) is 0 Å². The number of para-hydroxylation sites is 1. The van der Waals surface area contributed by atoms with Crippen LogP contribution in [-0.2, 0) is 5.75 Å². The molecule has 138 valence electrons. The first kappa shape index (κ1) is 17.7. The number of benzene rings is 2. The molecule has 1 atom stereocenters. The smallest absolute Gasteiger partial charge is 0.252 e. The van der Waals surface area contributed by atoms with E-state index in [4.69, 9.17) is 0 Å². The maximum Gasteiger partial charge on any atom is 0.252 e. The molecule has 7 nitrogen and oxygen atoms in total. The van der Waals surface area contributed by atoms with E-state index in [1.54, 1.807) is 16.4 Å². The summed E-state index contributed by atoms with van der Waals surface area (Å²) in [5.74, 6) is 1.27. The van der Waals surface area contributed by atoms with Gasteiger partial charge in [-0.25, -0.2) is 0 Å². The van der Waals surface area contributed by atoms with Crippen molar-refractivity contribution in [1.82, 2.24) is 30.8 Å². The molecule has 1 saturated heterocycles.